The third kappa shape index (κ3) is 4.68. The van der Waals surface area contributed by atoms with Crippen LogP contribution in [0.25, 0.3) is 0 Å². The van der Waals surface area contributed by atoms with Gasteiger partial charge in [0.15, 0.2) is 0 Å². The van der Waals surface area contributed by atoms with Gasteiger partial charge in [-0.25, -0.2) is 10.6 Å². The third-order valence-corrected chi connectivity index (χ3v) is 3.58. The number of nitrogens with zero attached hydrogens (tertiary/aromatic N) is 1. The number of carbonyl (C=O) groups excluding carboxylic acids is 2. The molecule has 2 aromatic carbocycles. The maximum atomic E-state index is 11.9. The van der Waals surface area contributed by atoms with E-state index in [4.69, 9.17) is 5.84 Å². The number of carbonyl (C=O) groups is 2. The summed E-state index contributed by atoms with van der Waals surface area (Å²) in [7, 11) is 0. The van der Waals surface area contributed by atoms with E-state index in [1.807, 2.05) is 30.3 Å². The zero-order valence-electron chi connectivity index (χ0n) is 11.8. The number of urea groups is 1. The number of halogens is 1. The molecule has 0 aliphatic heterocycles. The van der Waals surface area contributed by atoms with Crippen LogP contribution >= 0.6 is 15.9 Å². The van der Waals surface area contributed by atoms with Gasteiger partial charge in [0.05, 0.1) is 0 Å². The molecule has 114 valence electrons. The molecule has 3 N–H and O–H groups in total. The van der Waals surface area contributed by atoms with Gasteiger partial charge in [-0.1, -0.05) is 46.3 Å². The van der Waals surface area contributed by atoms with E-state index in [0.29, 0.717) is 17.1 Å². The second kappa shape index (κ2) is 7.72. The molecule has 0 radical (unpaired) electrons. The minimum atomic E-state index is -0.652. The number of hydrogen-bond acceptors (Lipinski definition) is 3. The Bertz CT molecular complexity index is 644. The van der Waals surface area contributed by atoms with Crippen LogP contribution in [0, 0.1) is 0 Å². The molecule has 0 atom stereocenters. The molecule has 2 aromatic rings. The first-order valence-corrected chi connectivity index (χ1v) is 7.53. The Morgan fingerprint density at radius 2 is 1.68 bits per heavy atom. The summed E-state index contributed by atoms with van der Waals surface area (Å²) >= 11 is 3.30. The number of hydrazine groups is 1. The lowest BCUT2D eigenvalue weighted by molar-refractivity contribution is -0.128. The molecule has 0 fully saturated rings. The summed E-state index contributed by atoms with van der Waals surface area (Å²) < 4.78 is 0.897. The highest BCUT2D eigenvalue weighted by Crippen LogP contribution is 2.14. The largest absolute Gasteiger partial charge is 0.343 e. The molecule has 0 saturated heterocycles. The number of aryl methyl sites for hydroxylation is 1. The lowest BCUT2D eigenvalue weighted by Crippen LogP contribution is -2.45. The van der Waals surface area contributed by atoms with Gasteiger partial charge >= 0.3 is 6.03 Å². The summed E-state index contributed by atoms with van der Waals surface area (Å²) in [5.41, 5.74) is 1.59. The van der Waals surface area contributed by atoms with Crippen molar-refractivity contribution in [3.05, 3.63) is 64.6 Å². The molecular weight excluding hydrogens is 346 g/mol. The number of benzene rings is 2. The van der Waals surface area contributed by atoms with E-state index in [-0.39, 0.29) is 6.42 Å². The SMILES string of the molecule is NN(C(=O)CCc1ccccc1)C(=O)Nc1ccc(Br)cc1. The van der Waals surface area contributed by atoms with Crippen LogP contribution in [0.15, 0.2) is 59.1 Å². The third-order valence-electron chi connectivity index (χ3n) is 3.05. The number of amides is 3. The van der Waals surface area contributed by atoms with E-state index in [1.54, 1.807) is 24.3 Å². The Morgan fingerprint density at radius 3 is 2.32 bits per heavy atom. The number of anilines is 1. The van der Waals surface area contributed by atoms with Gasteiger partial charge in [0.2, 0.25) is 5.91 Å². The van der Waals surface area contributed by atoms with Crippen LogP contribution in [-0.2, 0) is 11.2 Å². The van der Waals surface area contributed by atoms with Crippen molar-refractivity contribution >= 4 is 33.6 Å². The van der Waals surface area contributed by atoms with E-state index < -0.39 is 11.9 Å². The summed E-state index contributed by atoms with van der Waals surface area (Å²) in [6.45, 7) is 0. The maximum absolute atomic E-state index is 11.9. The fourth-order valence-corrected chi connectivity index (χ4v) is 2.11. The first-order chi connectivity index (χ1) is 10.6. The summed E-state index contributed by atoms with van der Waals surface area (Å²) in [6, 6.07) is 15.9. The summed E-state index contributed by atoms with van der Waals surface area (Å²) in [4.78, 5) is 23.8. The van der Waals surface area contributed by atoms with E-state index in [1.165, 1.54) is 0 Å². The fourth-order valence-electron chi connectivity index (χ4n) is 1.85. The molecule has 0 heterocycles. The number of nitrogens with two attached hydrogens (primary N) is 1. The molecule has 0 spiro atoms. The van der Waals surface area contributed by atoms with Crippen molar-refractivity contribution in [2.24, 2.45) is 5.84 Å². The molecular formula is C16H16BrN3O2. The monoisotopic (exact) mass is 361 g/mol. The Morgan fingerprint density at radius 1 is 1.05 bits per heavy atom. The maximum Gasteiger partial charge on any atom is 0.343 e. The van der Waals surface area contributed by atoms with Gasteiger partial charge in [-0.15, -0.1) is 0 Å². The normalized spacial score (nSPS) is 10.1. The first-order valence-electron chi connectivity index (χ1n) is 6.74. The zero-order chi connectivity index (χ0) is 15.9. The fraction of sp³-hybridized carbons (Fsp3) is 0.125. The molecule has 3 amide bonds. The number of hydrogen-bond donors (Lipinski definition) is 2. The van der Waals surface area contributed by atoms with Crippen molar-refractivity contribution in [2.45, 2.75) is 12.8 Å². The van der Waals surface area contributed by atoms with E-state index >= 15 is 0 Å². The van der Waals surface area contributed by atoms with Crippen molar-refractivity contribution < 1.29 is 9.59 Å². The van der Waals surface area contributed by atoms with Crippen LogP contribution in [0.5, 0.6) is 0 Å². The second-order valence-electron chi connectivity index (χ2n) is 4.69. The highest BCUT2D eigenvalue weighted by Gasteiger charge is 2.17. The predicted octanol–water partition coefficient (Wildman–Crippen LogP) is 3.32. The Kier molecular flexibility index (Phi) is 5.68. The van der Waals surface area contributed by atoms with Crippen molar-refractivity contribution in [3.8, 4) is 0 Å². The standard InChI is InChI=1S/C16H16BrN3O2/c17-13-7-9-14(10-8-13)19-16(22)20(18)15(21)11-6-12-4-2-1-3-5-12/h1-5,7-10H,6,11,18H2,(H,19,22). The lowest BCUT2D eigenvalue weighted by atomic mass is 10.1. The van der Waals surface area contributed by atoms with E-state index in [0.717, 1.165) is 10.0 Å². The van der Waals surface area contributed by atoms with Crippen LogP contribution in [0.1, 0.15) is 12.0 Å². The molecule has 6 heteroatoms. The average Bonchev–Trinajstić information content (AvgIpc) is 2.55. The number of imide groups is 1. The minimum absolute atomic E-state index is 0.175. The van der Waals surface area contributed by atoms with Crippen LogP contribution in [-0.4, -0.2) is 16.9 Å². The van der Waals surface area contributed by atoms with Crippen molar-refractivity contribution in [3.63, 3.8) is 0 Å². The molecule has 0 aromatic heterocycles. The predicted molar refractivity (Wildman–Crippen MR) is 89.0 cm³/mol. The molecule has 22 heavy (non-hydrogen) atoms. The Labute approximate surface area is 137 Å². The van der Waals surface area contributed by atoms with Crippen LogP contribution in [0.2, 0.25) is 0 Å². The van der Waals surface area contributed by atoms with Crippen LogP contribution in [0.4, 0.5) is 10.5 Å². The highest BCUT2D eigenvalue weighted by molar-refractivity contribution is 9.10. The first kappa shape index (κ1) is 16.2. The van der Waals surface area contributed by atoms with Crippen molar-refractivity contribution in [2.75, 3.05) is 5.32 Å². The van der Waals surface area contributed by atoms with Crippen LogP contribution < -0.4 is 11.2 Å². The Balaban J connectivity index is 1.86. The average molecular weight is 362 g/mol. The molecule has 2 rings (SSSR count). The molecule has 0 aliphatic rings. The van der Waals surface area contributed by atoms with Gasteiger partial charge in [0.25, 0.3) is 0 Å². The van der Waals surface area contributed by atoms with Crippen molar-refractivity contribution in [1.29, 1.82) is 0 Å². The molecule has 0 aliphatic carbocycles. The van der Waals surface area contributed by atoms with Crippen molar-refractivity contribution in [1.82, 2.24) is 5.01 Å². The topological polar surface area (TPSA) is 75.4 Å². The quantitative estimate of drug-likeness (QED) is 0.498. The highest BCUT2D eigenvalue weighted by atomic mass is 79.9. The Hall–Kier alpha value is -2.18. The van der Waals surface area contributed by atoms with Gasteiger partial charge in [0, 0.05) is 16.6 Å². The molecule has 0 bridgehead atoms. The van der Waals surface area contributed by atoms with Crippen LogP contribution in [0.3, 0.4) is 0 Å². The van der Waals surface area contributed by atoms with Gasteiger partial charge in [0.1, 0.15) is 0 Å². The van der Waals surface area contributed by atoms with Gasteiger partial charge in [-0.2, -0.15) is 5.01 Å². The van der Waals surface area contributed by atoms with Gasteiger partial charge < -0.3 is 5.32 Å². The minimum Gasteiger partial charge on any atom is -0.306 e. The lowest BCUT2D eigenvalue weighted by Gasteiger charge is -2.15. The summed E-state index contributed by atoms with van der Waals surface area (Å²) in [6.07, 6.45) is 0.715. The van der Waals surface area contributed by atoms with Gasteiger partial charge in [-0.05, 0) is 36.2 Å². The van der Waals surface area contributed by atoms with E-state index in [2.05, 4.69) is 21.2 Å². The zero-order valence-corrected chi connectivity index (χ0v) is 13.4. The number of nitrogens with one attached hydrogen (secondary N) is 1. The molecule has 0 saturated carbocycles. The summed E-state index contributed by atoms with van der Waals surface area (Å²) in [5.74, 6) is 5.13. The smallest absolute Gasteiger partial charge is 0.306 e. The van der Waals surface area contributed by atoms with E-state index in [9.17, 15) is 9.59 Å². The number of rotatable bonds is 4. The van der Waals surface area contributed by atoms with Gasteiger partial charge in [-0.3, -0.25) is 4.79 Å². The molecule has 0 unspecified atom stereocenters. The molecule has 5 nitrogen and oxygen atoms in total. The summed E-state index contributed by atoms with van der Waals surface area (Å²) in [5, 5.41) is 3.18. The second-order valence-corrected chi connectivity index (χ2v) is 5.60.